The van der Waals surface area contributed by atoms with Crippen LogP contribution in [0.15, 0.2) is 42.7 Å². The Morgan fingerprint density at radius 3 is 2.69 bits per heavy atom. The Labute approximate surface area is 181 Å². The number of carbonyl (C=O) groups is 2. The minimum Gasteiger partial charge on any atom is -0.441 e. The number of nitrogen functional groups attached to an aromatic ring is 1. The van der Waals surface area contributed by atoms with Crippen LogP contribution in [-0.4, -0.2) is 35.5 Å². The average Bonchev–Trinajstić information content (AvgIpc) is 3.06. The van der Waals surface area contributed by atoms with Gasteiger partial charge in [0.2, 0.25) is 5.91 Å². The first-order chi connectivity index (χ1) is 15.1. The van der Waals surface area contributed by atoms with Crippen LogP contribution in [0.4, 0.5) is 35.0 Å². The zero-order chi connectivity index (χ0) is 22.9. The number of nitrogens with two attached hydrogens (primary N) is 1. The fraction of sp³-hybridized carbons (Fsp3) is 0.381. The summed E-state index contributed by atoms with van der Waals surface area (Å²) in [5, 5.41) is 2.59. The number of nitrogens with one attached hydrogen (secondary N) is 1. The molecule has 0 atom stereocenters. The summed E-state index contributed by atoms with van der Waals surface area (Å²) in [6.07, 6.45) is -0.215. The average molecular weight is 450 g/mol. The van der Waals surface area contributed by atoms with Gasteiger partial charge in [-0.25, -0.2) is 4.79 Å². The predicted octanol–water partition coefficient (Wildman–Crippen LogP) is 4.09. The smallest absolute Gasteiger partial charge is 0.441 e. The fourth-order valence-corrected chi connectivity index (χ4v) is 4.08. The topological polar surface area (TPSA) is 107 Å². The number of hydrogen-bond acceptors (Lipinski definition) is 6. The van der Waals surface area contributed by atoms with Gasteiger partial charge in [0.15, 0.2) is 0 Å². The molecular weight excluding hydrogens is 429 g/mol. The number of ether oxygens (including phenoxy) is 2. The monoisotopic (exact) mass is 450 g/mol. The van der Waals surface area contributed by atoms with Crippen molar-refractivity contribution < 1.29 is 32.2 Å². The molecule has 8 nitrogen and oxygen atoms in total. The number of anilines is 3. The number of aromatic nitrogens is 1. The van der Waals surface area contributed by atoms with E-state index in [0.29, 0.717) is 37.9 Å². The van der Waals surface area contributed by atoms with Gasteiger partial charge in [0.05, 0.1) is 29.8 Å². The van der Waals surface area contributed by atoms with Gasteiger partial charge < -0.3 is 20.5 Å². The summed E-state index contributed by atoms with van der Waals surface area (Å²) in [6, 6.07) is 6.85. The number of pyridine rings is 1. The molecule has 0 radical (unpaired) electrons. The summed E-state index contributed by atoms with van der Waals surface area (Å²) in [5.41, 5.74) is 5.93. The lowest BCUT2D eigenvalue weighted by Crippen LogP contribution is -2.41. The van der Waals surface area contributed by atoms with E-state index in [-0.39, 0.29) is 17.3 Å². The van der Waals surface area contributed by atoms with Crippen molar-refractivity contribution in [2.75, 3.05) is 22.5 Å². The molecule has 3 N–H and O–H groups in total. The lowest BCUT2D eigenvalue weighted by Gasteiger charge is -2.34. The van der Waals surface area contributed by atoms with Gasteiger partial charge in [-0.05, 0) is 49.9 Å². The molecule has 2 amide bonds. The van der Waals surface area contributed by atoms with E-state index < -0.39 is 29.7 Å². The van der Waals surface area contributed by atoms with Crippen LogP contribution in [0, 0.1) is 5.92 Å². The second kappa shape index (κ2) is 8.21. The highest BCUT2D eigenvalue weighted by Gasteiger charge is 2.48. The Kier molecular flexibility index (Phi) is 5.57. The summed E-state index contributed by atoms with van der Waals surface area (Å²) >= 11 is 0. The molecule has 1 saturated carbocycles. The van der Waals surface area contributed by atoms with Crippen LogP contribution in [0.25, 0.3) is 0 Å². The highest BCUT2D eigenvalue weighted by molar-refractivity contribution is 5.96. The summed E-state index contributed by atoms with van der Waals surface area (Å²) in [7, 11) is 0. The largest absolute Gasteiger partial charge is 0.573 e. The van der Waals surface area contributed by atoms with Gasteiger partial charge in [-0.15, -0.1) is 13.2 Å². The maximum atomic E-state index is 12.7. The number of amides is 2. The molecule has 0 unspecified atom stereocenters. The molecule has 2 aromatic rings. The number of benzene rings is 1. The Bertz CT molecular complexity index is 1010. The molecule has 1 aromatic carbocycles. The molecular formula is C21H21F3N4O4. The van der Waals surface area contributed by atoms with Crippen LogP contribution in [0.5, 0.6) is 5.75 Å². The number of alkyl halides is 3. The van der Waals surface area contributed by atoms with Crippen LogP contribution in [0.2, 0.25) is 0 Å². The number of carbonyl (C=O) groups excluding carboxylic acids is 2. The van der Waals surface area contributed by atoms with Crippen molar-refractivity contribution in [1.29, 1.82) is 0 Å². The number of hydrogen-bond donors (Lipinski definition) is 2. The van der Waals surface area contributed by atoms with Gasteiger partial charge in [0.25, 0.3) is 0 Å². The van der Waals surface area contributed by atoms with E-state index in [9.17, 15) is 22.8 Å². The first kappa shape index (κ1) is 21.7. The molecule has 11 heteroatoms. The highest BCUT2D eigenvalue weighted by atomic mass is 19.4. The highest BCUT2D eigenvalue weighted by Crippen LogP contribution is 2.41. The van der Waals surface area contributed by atoms with Crippen LogP contribution in [0.1, 0.15) is 25.7 Å². The third-order valence-electron chi connectivity index (χ3n) is 5.71. The van der Waals surface area contributed by atoms with Crippen molar-refractivity contribution >= 4 is 29.1 Å². The lowest BCUT2D eigenvalue weighted by molar-refractivity contribution is -0.274. The molecule has 1 aliphatic carbocycles. The molecule has 1 aromatic heterocycles. The standard InChI is InChI=1S/C21H21F3N4O4/c22-21(23,24)31-15-3-4-16(25)17(10-15)27-18(29)13-5-7-20(8-6-13)12-28(19(30)32-20)14-2-1-9-26-11-14/h1-4,9-11,13H,5-8,12,25H2,(H,27,29)/t13-,20-. The summed E-state index contributed by atoms with van der Waals surface area (Å²) in [6.45, 7) is 0.371. The van der Waals surface area contributed by atoms with E-state index in [2.05, 4.69) is 15.0 Å². The van der Waals surface area contributed by atoms with E-state index in [0.717, 1.165) is 12.1 Å². The van der Waals surface area contributed by atoms with Crippen LogP contribution in [-0.2, 0) is 9.53 Å². The molecule has 4 rings (SSSR count). The van der Waals surface area contributed by atoms with Gasteiger partial charge >= 0.3 is 12.5 Å². The Morgan fingerprint density at radius 2 is 2.03 bits per heavy atom. The number of rotatable bonds is 4. The summed E-state index contributed by atoms with van der Waals surface area (Å²) in [5.74, 6) is -1.22. The van der Waals surface area contributed by atoms with Crippen molar-refractivity contribution in [2.24, 2.45) is 5.92 Å². The van der Waals surface area contributed by atoms with E-state index >= 15 is 0 Å². The lowest BCUT2D eigenvalue weighted by atomic mass is 9.78. The molecule has 2 heterocycles. The molecule has 170 valence electrons. The predicted molar refractivity (Wildman–Crippen MR) is 109 cm³/mol. The minimum absolute atomic E-state index is 0.0482. The first-order valence-corrected chi connectivity index (χ1v) is 10.0. The molecule has 2 aliphatic rings. The van der Waals surface area contributed by atoms with E-state index in [1.54, 1.807) is 24.5 Å². The van der Waals surface area contributed by atoms with Crippen molar-refractivity contribution in [2.45, 2.75) is 37.6 Å². The van der Waals surface area contributed by atoms with E-state index in [1.165, 1.54) is 11.0 Å². The third-order valence-corrected chi connectivity index (χ3v) is 5.71. The maximum absolute atomic E-state index is 12.7. The Hall–Kier alpha value is -3.50. The van der Waals surface area contributed by atoms with Crippen LogP contribution >= 0.6 is 0 Å². The molecule has 2 fully saturated rings. The van der Waals surface area contributed by atoms with Gasteiger partial charge in [0.1, 0.15) is 11.4 Å². The fourth-order valence-electron chi connectivity index (χ4n) is 4.08. The summed E-state index contributed by atoms with van der Waals surface area (Å²) in [4.78, 5) is 30.6. The third kappa shape index (κ3) is 4.71. The second-order valence-electron chi connectivity index (χ2n) is 7.91. The Balaban J connectivity index is 1.37. The molecule has 1 saturated heterocycles. The van der Waals surface area contributed by atoms with Crippen molar-refractivity contribution in [1.82, 2.24) is 4.98 Å². The molecule has 32 heavy (non-hydrogen) atoms. The van der Waals surface area contributed by atoms with Gasteiger partial charge in [0, 0.05) is 18.2 Å². The Morgan fingerprint density at radius 1 is 1.28 bits per heavy atom. The second-order valence-corrected chi connectivity index (χ2v) is 7.91. The molecule has 0 bridgehead atoms. The minimum atomic E-state index is -4.85. The van der Waals surface area contributed by atoms with Crippen molar-refractivity contribution in [3.05, 3.63) is 42.7 Å². The number of halogens is 3. The van der Waals surface area contributed by atoms with E-state index in [1.807, 2.05) is 0 Å². The summed E-state index contributed by atoms with van der Waals surface area (Å²) < 4.78 is 46.9. The van der Waals surface area contributed by atoms with E-state index in [4.69, 9.17) is 10.5 Å². The molecule has 1 spiro atoms. The SMILES string of the molecule is Nc1ccc(OC(F)(F)F)cc1NC(=O)[C@H]1CC[C@]2(CC1)CN(c1cccnc1)C(=O)O2. The zero-order valence-corrected chi connectivity index (χ0v) is 16.9. The van der Waals surface area contributed by atoms with Gasteiger partial charge in [-0.3, -0.25) is 14.7 Å². The van der Waals surface area contributed by atoms with Gasteiger partial charge in [-0.2, -0.15) is 0 Å². The first-order valence-electron chi connectivity index (χ1n) is 10.0. The van der Waals surface area contributed by atoms with Crippen LogP contribution < -0.4 is 20.7 Å². The zero-order valence-electron chi connectivity index (χ0n) is 16.9. The van der Waals surface area contributed by atoms with Gasteiger partial charge in [-0.1, -0.05) is 0 Å². The maximum Gasteiger partial charge on any atom is 0.573 e. The molecule has 1 aliphatic heterocycles. The van der Waals surface area contributed by atoms with Crippen molar-refractivity contribution in [3.63, 3.8) is 0 Å². The number of nitrogens with zero attached hydrogens (tertiary/aromatic N) is 2. The van der Waals surface area contributed by atoms with Crippen molar-refractivity contribution in [3.8, 4) is 5.75 Å². The normalized spacial score (nSPS) is 23.2. The van der Waals surface area contributed by atoms with Crippen LogP contribution in [0.3, 0.4) is 0 Å². The quantitative estimate of drug-likeness (QED) is 0.680.